The first-order chi connectivity index (χ1) is 10.6. The van der Waals surface area contributed by atoms with E-state index in [9.17, 15) is 4.79 Å². The number of hydrogen-bond acceptors (Lipinski definition) is 2. The number of amides is 1. The Morgan fingerprint density at radius 3 is 2.82 bits per heavy atom. The molecule has 1 saturated heterocycles. The molecule has 1 aliphatic heterocycles. The van der Waals surface area contributed by atoms with E-state index in [0.29, 0.717) is 5.92 Å². The molecule has 3 nitrogen and oxygen atoms in total. The van der Waals surface area contributed by atoms with Crippen molar-refractivity contribution in [2.24, 2.45) is 0 Å². The van der Waals surface area contributed by atoms with E-state index in [1.54, 1.807) is 6.92 Å². The van der Waals surface area contributed by atoms with Crippen LogP contribution < -0.4 is 0 Å². The minimum Gasteiger partial charge on any atom is -0.342 e. The average molecular weight is 294 g/mol. The standard InChI is InChI=1S/C19H22N2O/c1-14-6-3-7-16(12-14)18-9-4-10-19(20-18)17-8-5-11-21(13-17)15(2)22/h3-4,6-7,9-10,12,17H,5,8,11,13H2,1-2H3/t17-/m1/s1. The Morgan fingerprint density at radius 2 is 2.05 bits per heavy atom. The van der Waals surface area contributed by atoms with Gasteiger partial charge < -0.3 is 4.90 Å². The van der Waals surface area contributed by atoms with Gasteiger partial charge in [-0.25, -0.2) is 0 Å². The summed E-state index contributed by atoms with van der Waals surface area (Å²) < 4.78 is 0. The fraction of sp³-hybridized carbons (Fsp3) is 0.368. The third-order valence-corrected chi connectivity index (χ3v) is 4.37. The number of benzene rings is 1. The van der Waals surface area contributed by atoms with E-state index in [1.807, 2.05) is 4.90 Å². The van der Waals surface area contributed by atoms with Crippen LogP contribution in [0.3, 0.4) is 0 Å². The summed E-state index contributed by atoms with van der Waals surface area (Å²) in [4.78, 5) is 18.4. The van der Waals surface area contributed by atoms with E-state index >= 15 is 0 Å². The van der Waals surface area contributed by atoms with E-state index in [-0.39, 0.29) is 5.91 Å². The van der Waals surface area contributed by atoms with Crippen molar-refractivity contribution >= 4 is 5.91 Å². The second-order valence-electron chi connectivity index (χ2n) is 6.12. The molecule has 2 heterocycles. The lowest BCUT2D eigenvalue weighted by Crippen LogP contribution is -2.37. The molecular formula is C19H22N2O. The minimum atomic E-state index is 0.166. The number of aryl methyl sites for hydroxylation is 1. The van der Waals surface area contributed by atoms with Crippen molar-refractivity contribution in [3.8, 4) is 11.3 Å². The molecule has 1 fully saturated rings. The Kier molecular flexibility index (Phi) is 4.23. The SMILES string of the molecule is CC(=O)N1CCC[C@@H](c2cccc(-c3cccc(C)c3)n2)C1. The first kappa shape index (κ1) is 14.8. The first-order valence-electron chi connectivity index (χ1n) is 7.93. The van der Waals surface area contributed by atoms with Gasteiger partial charge in [0.15, 0.2) is 0 Å². The van der Waals surface area contributed by atoms with Gasteiger partial charge in [0.05, 0.1) is 5.69 Å². The van der Waals surface area contributed by atoms with Crippen LogP contribution in [0.1, 0.15) is 36.9 Å². The van der Waals surface area contributed by atoms with E-state index in [1.165, 1.54) is 5.56 Å². The van der Waals surface area contributed by atoms with Crippen LogP contribution >= 0.6 is 0 Å². The summed E-state index contributed by atoms with van der Waals surface area (Å²) >= 11 is 0. The van der Waals surface area contributed by atoms with E-state index in [2.05, 4.69) is 49.4 Å². The number of rotatable bonds is 2. The van der Waals surface area contributed by atoms with Crippen LogP contribution in [0.15, 0.2) is 42.5 Å². The first-order valence-corrected chi connectivity index (χ1v) is 7.93. The molecule has 0 spiro atoms. The quantitative estimate of drug-likeness (QED) is 0.844. The van der Waals surface area contributed by atoms with Gasteiger partial charge in [-0.3, -0.25) is 9.78 Å². The van der Waals surface area contributed by atoms with Gasteiger partial charge in [-0.15, -0.1) is 0 Å². The zero-order valence-electron chi connectivity index (χ0n) is 13.2. The molecular weight excluding hydrogens is 272 g/mol. The number of pyridine rings is 1. The van der Waals surface area contributed by atoms with Crippen molar-refractivity contribution in [1.29, 1.82) is 0 Å². The zero-order valence-corrected chi connectivity index (χ0v) is 13.2. The van der Waals surface area contributed by atoms with Gasteiger partial charge in [-0.2, -0.15) is 0 Å². The lowest BCUT2D eigenvalue weighted by Gasteiger charge is -2.31. The van der Waals surface area contributed by atoms with Gasteiger partial charge in [0.2, 0.25) is 5.91 Å². The molecule has 1 aromatic heterocycles. The Morgan fingerprint density at radius 1 is 1.23 bits per heavy atom. The molecule has 3 heteroatoms. The number of nitrogens with zero attached hydrogens (tertiary/aromatic N) is 2. The van der Waals surface area contributed by atoms with Crippen molar-refractivity contribution in [1.82, 2.24) is 9.88 Å². The van der Waals surface area contributed by atoms with Crippen LogP contribution in [-0.4, -0.2) is 28.9 Å². The molecule has 3 rings (SSSR count). The summed E-state index contributed by atoms with van der Waals surface area (Å²) in [6.45, 7) is 5.42. The molecule has 0 bridgehead atoms. The number of hydrogen-bond donors (Lipinski definition) is 0. The molecule has 1 atom stereocenters. The third kappa shape index (κ3) is 3.19. The van der Waals surface area contributed by atoms with Gasteiger partial charge in [-0.05, 0) is 38.0 Å². The van der Waals surface area contributed by atoms with Crippen LogP contribution in [0.5, 0.6) is 0 Å². The highest BCUT2D eigenvalue weighted by atomic mass is 16.2. The summed E-state index contributed by atoms with van der Waals surface area (Å²) in [5.74, 6) is 0.516. The molecule has 0 radical (unpaired) electrons. The van der Waals surface area contributed by atoms with E-state index in [4.69, 9.17) is 4.98 Å². The molecule has 1 aromatic carbocycles. The summed E-state index contributed by atoms with van der Waals surface area (Å²) in [5.41, 5.74) is 4.51. The maximum Gasteiger partial charge on any atom is 0.219 e. The number of piperidine rings is 1. The van der Waals surface area contributed by atoms with Gasteiger partial charge in [0.25, 0.3) is 0 Å². The Hall–Kier alpha value is -2.16. The zero-order chi connectivity index (χ0) is 15.5. The fourth-order valence-corrected chi connectivity index (χ4v) is 3.15. The normalized spacial score (nSPS) is 18.3. The Labute approximate surface area is 132 Å². The van der Waals surface area contributed by atoms with Crippen molar-refractivity contribution < 1.29 is 4.79 Å². The summed E-state index contributed by atoms with van der Waals surface area (Å²) in [7, 11) is 0. The molecule has 1 amide bonds. The third-order valence-electron chi connectivity index (χ3n) is 4.37. The summed E-state index contributed by atoms with van der Waals surface area (Å²) in [5, 5.41) is 0. The number of carbonyl (C=O) groups excluding carboxylic acids is 1. The largest absolute Gasteiger partial charge is 0.342 e. The smallest absolute Gasteiger partial charge is 0.219 e. The Bertz CT molecular complexity index is 681. The van der Waals surface area contributed by atoms with Gasteiger partial charge in [0.1, 0.15) is 0 Å². The van der Waals surface area contributed by atoms with Crippen LogP contribution in [0.25, 0.3) is 11.3 Å². The predicted octanol–water partition coefficient (Wildman–Crippen LogP) is 3.78. The molecule has 114 valence electrons. The van der Waals surface area contributed by atoms with Gasteiger partial charge >= 0.3 is 0 Å². The molecule has 2 aromatic rings. The molecule has 1 aliphatic rings. The lowest BCUT2D eigenvalue weighted by atomic mass is 9.93. The minimum absolute atomic E-state index is 0.166. The average Bonchev–Trinajstić information content (AvgIpc) is 2.55. The second-order valence-corrected chi connectivity index (χ2v) is 6.12. The number of aromatic nitrogens is 1. The van der Waals surface area contributed by atoms with Crippen LogP contribution in [0.2, 0.25) is 0 Å². The fourth-order valence-electron chi connectivity index (χ4n) is 3.15. The number of carbonyl (C=O) groups is 1. The monoisotopic (exact) mass is 294 g/mol. The second kappa shape index (κ2) is 6.30. The van der Waals surface area contributed by atoms with Crippen LogP contribution in [-0.2, 0) is 4.79 Å². The predicted molar refractivity (Wildman–Crippen MR) is 88.6 cm³/mol. The maximum absolute atomic E-state index is 11.6. The van der Waals surface area contributed by atoms with Crippen LogP contribution in [0.4, 0.5) is 0 Å². The van der Waals surface area contributed by atoms with Gasteiger partial charge in [-0.1, -0.05) is 29.8 Å². The molecule has 0 unspecified atom stereocenters. The van der Waals surface area contributed by atoms with E-state index < -0.39 is 0 Å². The highest BCUT2D eigenvalue weighted by Crippen LogP contribution is 2.27. The summed E-state index contributed by atoms with van der Waals surface area (Å²) in [6, 6.07) is 14.7. The number of likely N-dealkylation sites (tertiary alicyclic amines) is 1. The molecule has 0 saturated carbocycles. The summed E-state index contributed by atoms with van der Waals surface area (Å²) in [6.07, 6.45) is 2.16. The van der Waals surface area contributed by atoms with Crippen LogP contribution in [0, 0.1) is 6.92 Å². The van der Waals surface area contributed by atoms with Crippen molar-refractivity contribution in [3.05, 3.63) is 53.7 Å². The molecule has 22 heavy (non-hydrogen) atoms. The molecule has 0 aliphatic carbocycles. The highest BCUT2D eigenvalue weighted by molar-refractivity contribution is 5.73. The van der Waals surface area contributed by atoms with Gasteiger partial charge in [0, 0.05) is 37.2 Å². The Balaban J connectivity index is 1.86. The van der Waals surface area contributed by atoms with Crippen molar-refractivity contribution in [2.75, 3.05) is 13.1 Å². The molecule has 0 N–H and O–H groups in total. The van der Waals surface area contributed by atoms with Crippen molar-refractivity contribution in [2.45, 2.75) is 32.6 Å². The van der Waals surface area contributed by atoms with Crippen molar-refractivity contribution in [3.63, 3.8) is 0 Å². The maximum atomic E-state index is 11.6. The van der Waals surface area contributed by atoms with E-state index in [0.717, 1.165) is 42.9 Å². The highest BCUT2D eigenvalue weighted by Gasteiger charge is 2.23. The lowest BCUT2D eigenvalue weighted by molar-refractivity contribution is -0.130. The topological polar surface area (TPSA) is 33.2 Å².